The van der Waals surface area contributed by atoms with Gasteiger partial charge in [-0.1, -0.05) is 18.2 Å². The smallest absolute Gasteiger partial charge is 0.137 e. The third-order valence-electron chi connectivity index (χ3n) is 2.24. The average Bonchev–Trinajstić information content (AvgIpc) is 2.39. The minimum atomic E-state index is -0.616. The summed E-state index contributed by atoms with van der Waals surface area (Å²) in [6.45, 7) is 13.3. The Bertz CT molecular complexity index is 202. The third kappa shape index (κ3) is 7.40. The maximum atomic E-state index is 5.50. The van der Waals surface area contributed by atoms with Crippen LogP contribution in [0.5, 0.6) is 0 Å². The first-order valence-electron chi connectivity index (χ1n) is 5.85. The minimum absolute atomic E-state index is 0.379. The van der Waals surface area contributed by atoms with Crippen molar-refractivity contribution in [3.63, 3.8) is 0 Å². The predicted molar refractivity (Wildman–Crippen MR) is 72.8 cm³/mol. The predicted octanol–water partition coefficient (Wildman–Crippen LogP) is 1.98. The molecule has 0 spiro atoms. The molecule has 0 saturated heterocycles. The quantitative estimate of drug-likeness (QED) is 0.373. The highest BCUT2D eigenvalue weighted by Crippen LogP contribution is 2.13. The molecule has 0 aromatic heterocycles. The summed E-state index contributed by atoms with van der Waals surface area (Å²) in [6.07, 6.45) is 5.07. The van der Waals surface area contributed by atoms with Crippen LogP contribution in [-0.4, -0.2) is 52.4 Å². The molecule has 0 aliphatic heterocycles. The normalized spacial score (nSPS) is 11.2. The fourth-order valence-electron chi connectivity index (χ4n) is 1.29. The van der Waals surface area contributed by atoms with Crippen molar-refractivity contribution in [2.45, 2.75) is 5.60 Å². The maximum Gasteiger partial charge on any atom is 0.137 e. The molecule has 4 heteroatoms. The van der Waals surface area contributed by atoms with E-state index >= 15 is 0 Å². The number of rotatable bonds is 13. The van der Waals surface area contributed by atoms with E-state index in [-0.39, 0.29) is 0 Å². The molecule has 0 radical (unpaired) electrons. The second kappa shape index (κ2) is 11.2. The molecule has 0 bridgehead atoms. The summed E-state index contributed by atoms with van der Waals surface area (Å²) in [4.78, 5) is 0. The molecule has 0 saturated carbocycles. The largest absolute Gasteiger partial charge is 0.374 e. The Balaban J connectivity index is 4.32. The van der Waals surface area contributed by atoms with Crippen molar-refractivity contribution in [1.29, 1.82) is 0 Å². The van der Waals surface area contributed by atoms with Gasteiger partial charge in [0.05, 0.1) is 39.6 Å². The summed E-state index contributed by atoms with van der Waals surface area (Å²) >= 11 is 0. The van der Waals surface area contributed by atoms with Crippen LogP contribution in [-0.2, 0) is 18.9 Å². The SMILES string of the molecule is C=CCOCC(COCC=C)(COCC=C)OC. The van der Waals surface area contributed by atoms with Gasteiger partial charge in [-0.25, -0.2) is 0 Å². The van der Waals surface area contributed by atoms with Gasteiger partial charge in [0.1, 0.15) is 5.60 Å². The molecule has 0 fully saturated rings. The first kappa shape index (κ1) is 17.1. The Morgan fingerprint density at radius 1 is 0.778 bits per heavy atom. The first-order chi connectivity index (χ1) is 8.74. The molecule has 0 aromatic rings. The van der Waals surface area contributed by atoms with Crippen LogP contribution in [0.2, 0.25) is 0 Å². The molecule has 0 heterocycles. The molecule has 0 aliphatic carbocycles. The lowest BCUT2D eigenvalue weighted by Crippen LogP contribution is -2.46. The van der Waals surface area contributed by atoms with Crippen LogP contribution in [0.25, 0.3) is 0 Å². The molecule has 0 unspecified atom stereocenters. The fraction of sp³-hybridized carbons (Fsp3) is 0.571. The van der Waals surface area contributed by atoms with Gasteiger partial charge in [-0.3, -0.25) is 0 Å². The van der Waals surface area contributed by atoms with Crippen molar-refractivity contribution in [2.75, 3.05) is 46.8 Å². The highest BCUT2D eigenvalue weighted by atomic mass is 16.6. The van der Waals surface area contributed by atoms with Crippen LogP contribution in [0, 0.1) is 0 Å². The fourth-order valence-corrected chi connectivity index (χ4v) is 1.29. The van der Waals surface area contributed by atoms with Crippen molar-refractivity contribution in [3.05, 3.63) is 38.0 Å². The molecule has 18 heavy (non-hydrogen) atoms. The van der Waals surface area contributed by atoms with E-state index in [0.29, 0.717) is 39.6 Å². The van der Waals surface area contributed by atoms with Gasteiger partial charge in [0, 0.05) is 7.11 Å². The lowest BCUT2D eigenvalue weighted by molar-refractivity contribution is -0.144. The van der Waals surface area contributed by atoms with Crippen LogP contribution in [0.1, 0.15) is 0 Å². The Labute approximate surface area is 110 Å². The van der Waals surface area contributed by atoms with Gasteiger partial charge < -0.3 is 18.9 Å². The molecule has 4 nitrogen and oxygen atoms in total. The summed E-state index contributed by atoms with van der Waals surface area (Å²) in [5, 5.41) is 0. The van der Waals surface area contributed by atoms with E-state index in [9.17, 15) is 0 Å². The van der Waals surface area contributed by atoms with Crippen molar-refractivity contribution in [1.82, 2.24) is 0 Å². The summed E-state index contributed by atoms with van der Waals surface area (Å²) in [5.41, 5.74) is -0.616. The number of hydrogen-bond acceptors (Lipinski definition) is 4. The van der Waals surface area contributed by atoms with Gasteiger partial charge in [0.2, 0.25) is 0 Å². The Morgan fingerprint density at radius 2 is 1.11 bits per heavy atom. The second-order valence-electron chi connectivity index (χ2n) is 3.80. The monoisotopic (exact) mass is 256 g/mol. The van der Waals surface area contributed by atoms with E-state index in [1.54, 1.807) is 25.3 Å². The highest BCUT2D eigenvalue weighted by Gasteiger charge is 2.31. The zero-order chi connectivity index (χ0) is 13.7. The summed E-state index contributed by atoms with van der Waals surface area (Å²) in [7, 11) is 1.62. The molecule has 0 rings (SSSR count). The zero-order valence-electron chi connectivity index (χ0n) is 11.2. The lowest BCUT2D eigenvalue weighted by Gasteiger charge is -2.31. The van der Waals surface area contributed by atoms with E-state index < -0.39 is 5.60 Å². The number of methoxy groups -OCH3 is 1. The third-order valence-corrected chi connectivity index (χ3v) is 2.24. The number of hydrogen-bond donors (Lipinski definition) is 0. The molecule has 0 amide bonds. The van der Waals surface area contributed by atoms with E-state index in [0.717, 1.165) is 0 Å². The van der Waals surface area contributed by atoms with Crippen LogP contribution >= 0.6 is 0 Å². The average molecular weight is 256 g/mol. The van der Waals surface area contributed by atoms with Crippen LogP contribution in [0.4, 0.5) is 0 Å². The Kier molecular flexibility index (Phi) is 10.6. The molecule has 0 aliphatic rings. The van der Waals surface area contributed by atoms with E-state index in [1.165, 1.54) is 0 Å². The molecular formula is C14H24O4. The first-order valence-corrected chi connectivity index (χ1v) is 5.85. The van der Waals surface area contributed by atoms with E-state index in [2.05, 4.69) is 19.7 Å². The lowest BCUT2D eigenvalue weighted by atomic mass is 10.1. The highest BCUT2D eigenvalue weighted by molar-refractivity contribution is 4.82. The van der Waals surface area contributed by atoms with Gasteiger partial charge in [0.15, 0.2) is 0 Å². The maximum absolute atomic E-state index is 5.50. The van der Waals surface area contributed by atoms with Gasteiger partial charge in [0.25, 0.3) is 0 Å². The molecule has 0 atom stereocenters. The second-order valence-corrected chi connectivity index (χ2v) is 3.80. The summed E-state index contributed by atoms with van der Waals surface area (Å²) in [6, 6.07) is 0. The van der Waals surface area contributed by atoms with Crippen molar-refractivity contribution in [3.8, 4) is 0 Å². The van der Waals surface area contributed by atoms with Crippen molar-refractivity contribution < 1.29 is 18.9 Å². The van der Waals surface area contributed by atoms with Crippen LogP contribution in [0.15, 0.2) is 38.0 Å². The zero-order valence-corrected chi connectivity index (χ0v) is 11.2. The Hall–Kier alpha value is -0.940. The summed E-state index contributed by atoms with van der Waals surface area (Å²) < 4.78 is 21.8. The van der Waals surface area contributed by atoms with Crippen LogP contribution in [0.3, 0.4) is 0 Å². The van der Waals surface area contributed by atoms with E-state index in [4.69, 9.17) is 18.9 Å². The minimum Gasteiger partial charge on any atom is -0.374 e. The van der Waals surface area contributed by atoms with Gasteiger partial charge in [-0.05, 0) is 0 Å². The van der Waals surface area contributed by atoms with Crippen molar-refractivity contribution >= 4 is 0 Å². The van der Waals surface area contributed by atoms with Crippen molar-refractivity contribution in [2.24, 2.45) is 0 Å². The van der Waals surface area contributed by atoms with Crippen LogP contribution < -0.4 is 0 Å². The van der Waals surface area contributed by atoms with Gasteiger partial charge >= 0.3 is 0 Å². The molecule has 0 N–H and O–H groups in total. The summed E-state index contributed by atoms with van der Waals surface area (Å²) in [5.74, 6) is 0. The standard InChI is InChI=1S/C14H24O4/c1-5-8-16-11-14(15-4,12-17-9-6-2)13-18-10-7-3/h5-7H,1-3,8-13H2,4H3. The Morgan fingerprint density at radius 3 is 1.33 bits per heavy atom. The molecule has 104 valence electrons. The van der Waals surface area contributed by atoms with Gasteiger partial charge in [-0.15, -0.1) is 19.7 Å². The molecular weight excluding hydrogens is 232 g/mol. The van der Waals surface area contributed by atoms with Gasteiger partial charge in [-0.2, -0.15) is 0 Å². The molecule has 0 aromatic carbocycles. The number of ether oxygens (including phenoxy) is 4. The van der Waals surface area contributed by atoms with E-state index in [1.807, 2.05) is 0 Å². The topological polar surface area (TPSA) is 36.9 Å².